The lowest BCUT2D eigenvalue weighted by Crippen LogP contribution is -2.25. The molecule has 2 rings (SSSR count). The molecule has 0 aromatic heterocycles. The van der Waals surface area contributed by atoms with Gasteiger partial charge in [0.2, 0.25) is 15.0 Å². The molecule has 0 N–H and O–H groups in total. The third-order valence-electron chi connectivity index (χ3n) is 2.78. The van der Waals surface area contributed by atoms with Gasteiger partial charge in [-0.3, -0.25) is 4.79 Å². The largest absolute Gasteiger partial charge is 0.312 e. The highest BCUT2D eigenvalue weighted by Gasteiger charge is 2.33. The maximum Gasteiger partial charge on any atom is 0.232 e. The van der Waals surface area contributed by atoms with Crippen molar-refractivity contribution < 1.29 is 13.2 Å². The quantitative estimate of drug-likeness (QED) is 0.578. The second kappa shape index (κ2) is 5.34. The molecule has 0 saturated carbocycles. The summed E-state index contributed by atoms with van der Waals surface area (Å²) in [5, 5.41) is 0. The van der Waals surface area contributed by atoms with E-state index >= 15 is 0 Å². The van der Waals surface area contributed by atoms with E-state index in [0.717, 1.165) is 9.26 Å². The molecule has 0 bridgehead atoms. The number of benzene rings is 1. The molecule has 1 aliphatic rings. The van der Waals surface area contributed by atoms with Crippen molar-refractivity contribution in [3.05, 3.63) is 27.8 Å². The third-order valence-corrected chi connectivity index (χ3v) is 4.74. The summed E-state index contributed by atoms with van der Waals surface area (Å²) in [6, 6.07) is 7.54. The van der Waals surface area contributed by atoms with Gasteiger partial charge in [0.25, 0.3) is 0 Å². The molecule has 1 heterocycles. The van der Waals surface area contributed by atoms with Crippen molar-refractivity contribution >= 4 is 53.9 Å². The van der Waals surface area contributed by atoms with Crippen molar-refractivity contribution in [3.8, 4) is 0 Å². The zero-order valence-corrected chi connectivity index (χ0v) is 13.1. The second-order valence-electron chi connectivity index (χ2n) is 4.26. The number of anilines is 1. The molecular weight excluding hydrogens is 389 g/mol. The first-order chi connectivity index (χ1) is 8.35. The van der Waals surface area contributed by atoms with E-state index in [2.05, 4.69) is 22.6 Å². The van der Waals surface area contributed by atoms with E-state index in [1.54, 1.807) is 4.90 Å². The van der Waals surface area contributed by atoms with Crippen molar-refractivity contribution in [3.63, 3.8) is 0 Å². The minimum Gasteiger partial charge on any atom is -0.312 e. The van der Waals surface area contributed by atoms with Gasteiger partial charge in [0.15, 0.2) is 0 Å². The molecular formula is C11H11ClINO3S. The molecule has 1 atom stereocenters. The van der Waals surface area contributed by atoms with Crippen molar-refractivity contribution in [2.75, 3.05) is 17.2 Å². The molecule has 4 nitrogen and oxygen atoms in total. The standard InChI is InChI=1S/C11H11ClINO3S/c12-18(16,17)7-8-5-11(15)14(6-8)10-3-1-9(13)2-4-10/h1-4,8H,5-7H2. The number of carbonyl (C=O) groups excluding carboxylic acids is 1. The van der Waals surface area contributed by atoms with Gasteiger partial charge in [0.05, 0.1) is 5.75 Å². The monoisotopic (exact) mass is 399 g/mol. The van der Waals surface area contributed by atoms with Gasteiger partial charge in [-0.05, 0) is 46.9 Å². The van der Waals surface area contributed by atoms with Gasteiger partial charge in [-0.25, -0.2) is 8.42 Å². The smallest absolute Gasteiger partial charge is 0.232 e. The maximum absolute atomic E-state index is 11.8. The van der Waals surface area contributed by atoms with E-state index in [9.17, 15) is 13.2 Å². The highest BCUT2D eigenvalue weighted by molar-refractivity contribution is 14.1. The van der Waals surface area contributed by atoms with Crippen LogP contribution in [-0.4, -0.2) is 26.6 Å². The zero-order valence-electron chi connectivity index (χ0n) is 9.34. The number of amides is 1. The first-order valence-electron chi connectivity index (χ1n) is 5.33. The summed E-state index contributed by atoms with van der Waals surface area (Å²) >= 11 is 2.19. The van der Waals surface area contributed by atoms with Gasteiger partial charge in [0.1, 0.15) is 0 Å². The van der Waals surface area contributed by atoms with Crippen LogP contribution in [0.25, 0.3) is 0 Å². The molecule has 7 heteroatoms. The summed E-state index contributed by atoms with van der Waals surface area (Å²) in [6.45, 7) is 0.408. The average molecular weight is 400 g/mol. The Morgan fingerprint density at radius 1 is 1.33 bits per heavy atom. The summed E-state index contributed by atoms with van der Waals surface area (Å²) in [5.74, 6) is -0.429. The van der Waals surface area contributed by atoms with Crippen LogP contribution < -0.4 is 4.90 Å². The van der Waals surface area contributed by atoms with Crippen LogP contribution in [-0.2, 0) is 13.8 Å². The van der Waals surface area contributed by atoms with Crippen molar-refractivity contribution in [1.29, 1.82) is 0 Å². The highest BCUT2D eigenvalue weighted by atomic mass is 127. The van der Waals surface area contributed by atoms with E-state index in [4.69, 9.17) is 10.7 Å². The SMILES string of the molecule is O=C1CC(CS(=O)(=O)Cl)CN1c1ccc(I)cc1. The third kappa shape index (κ3) is 3.58. The van der Waals surface area contributed by atoms with Crippen LogP contribution in [0.3, 0.4) is 0 Å². The number of rotatable bonds is 3. The fraction of sp³-hybridized carbons (Fsp3) is 0.364. The Labute approximate surface area is 124 Å². The number of halogens is 2. The number of hydrogen-bond donors (Lipinski definition) is 0. The molecule has 0 spiro atoms. The van der Waals surface area contributed by atoms with Gasteiger partial charge in [0, 0.05) is 38.8 Å². The molecule has 1 aliphatic heterocycles. The summed E-state index contributed by atoms with van der Waals surface area (Å²) in [4.78, 5) is 13.5. The normalized spacial score (nSPS) is 20.4. The van der Waals surface area contributed by atoms with Gasteiger partial charge in [-0.2, -0.15) is 0 Å². The van der Waals surface area contributed by atoms with E-state index in [1.165, 1.54) is 0 Å². The lowest BCUT2D eigenvalue weighted by molar-refractivity contribution is -0.117. The first kappa shape index (κ1) is 14.1. The number of hydrogen-bond acceptors (Lipinski definition) is 3. The lowest BCUT2D eigenvalue weighted by atomic mass is 10.1. The van der Waals surface area contributed by atoms with Gasteiger partial charge in [-0.1, -0.05) is 0 Å². The van der Waals surface area contributed by atoms with Crippen LogP contribution >= 0.6 is 33.3 Å². The Morgan fingerprint density at radius 3 is 2.50 bits per heavy atom. The van der Waals surface area contributed by atoms with Crippen LogP contribution in [0.5, 0.6) is 0 Å². The molecule has 1 unspecified atom stereocenters. The predicted molar refractivity (Wildman–Crippen MR) is 79.3 cm³/mol. The Kier molecular flexibility index (Phi) is 4.18. The van der Waals surface area contributed by atoms with Crippen LogP contribution in [0.4, 0.5) is 5.69 Å². The van der Waals surface area contributed by atoms with E-state index in [0.29, 0.717) is 6.54 Å². The average Bonchev–Trinajstić information content (AvgIpc) is 2.58. The fourth-order valence-corrected chi connectivity index (χ4v) is 3.73. The Hall–Kier alpha value is -0.340. The maximum atomic E-state index is 11.8. The molecule has 1 fully saturated rings. The second-order valence-corrected chi connectivity index (χ2v) is 8.32. The first-order valence-corrected chi connectivity index (χ1v) is 8.89. The van der Waals surface area contributed by atoms with Crippen molar-refractivity contribution in [1.82, 2.24) is 0 Å². The summed E-state index contributed by atoms with van der Waals surface area (Å²) in [5.41, 5.74) is 0.801. The van der Waals surface area contributed by atoms with Gasteiger partial charge < -0.3 is 4.90 Å². The Morgan fingerprint density at radius 2 is 1.94 bits per heavy atom. The van der Waals surface area contributed by atoms with Crippen molar-refractivity contribution in [2.24, 2.45) is 5.92 Å². The van der Waals surface area contributed by atoms with E-state index < -0.39 is 9.05 Å². The number of nitrogens with zero attached hydrogens (tertiary/aromatic N) is 1. The van der Waals surface area contributed by atoms with Crippen LogP contribution in [0, 0.1) is 9.49 Å². The molecule has 0 aliphatic carbocycles. The Balaban J connectivity index is 2.12. The summed E-state index contributed by atoms with van der Waals surface area (Å²) in [7, 11) is 1.67. The minimum absolute atomic E-state index is 0.0541. The molecule has 1 amide bonds. The highest BCUT2D eigenvalue weighted by Crippen LogP contribution is 2.27. The molecule has 1 aromatic carbocycles. The molecule has 1 saturated heterocycles. The van der Waals surface area contributed by atoms with Crippen molar-refractivity contribution in [2.45, 2.75) is 6.42 Å². The lowest BCUT2D eigenvalue weighted by Gasteiger charge is -2.16. The summed E-state index contributed by atoms with van der Waals surface area (Å²) < 4.78 is 23.1. The van der Waals surface area contributed by atoms with Crippen LogP contribution in [0.1, 0.15) is 6.42 Å². The van der Waals surface area contributed by atoms with E-state index in [-0.39, 0.29) is 24.0 Å². The molecule has 18 heavy (non-hydrogen) atoms. The van der Waals surface area contributed by atoms with E-state index in [1.807, 2.05) is 24.3 Å². The molecule has 1 aromatic rings. The van der Waals surface area contributed by atoms with Crippen LogP contribution in [0.15, 0.2) is 24.3 Å². The minimum atomic E-state index is -3.55. The summed E-state index contributed by atoms with van der Waals surface area (Å²) in [6.07, 6.45) is 0.234. The number of carbonyl (C=O) groups is 1. The predicted octanol–water partition coefficient (Wildman–Crippen LogP) is 2.21. The molecule has 0 radical (unpaired) electrons. The van der Waals surface area contributed by atoms with Gasteiger partial charge >= 0.3 is 0 Å². The molecule has 98 valence electrons. The van der Waals surface area contributed by atoms with Crippen LogP contribution in [0.2, 0.25) is 0 Å². The van der Waals surface area contributed by atoms with Gasteiger partial charge in [-0.15, -0.1) is 0 Å². The topological polar surface area (TPSA) is 54.5 Å². The Bertz CT molecular complexity index is 558. The zero-order chi connectivity index (χ0) is 13.3. The fourth-order valence-electron chi connectivity index (χ4n) is 2.05.